The Morgan fingerprint density at radius 1 is 1.41 bits per heavy atom. The van der Waals surface area contributed by atoms with Crippen LogP contribution in [0, 0.1) is 11.8 Å². The number of hydrogen-bond acceptors (Lipinski definition) is 1. The first kappa shape index (κ1) is 12.0. The molecule has 0 amide bonds. The van der Waals surface area contributed by atoms with Crippen LogP contribution in [0.25, 0.3) is 5.76 Å². The van der Waals surface area contributed by atoms with Crippen LogP contribution in [-0.2, 0) is 11.2 Å². The van der Waals surface area contributed by atoms with Gasteiger partial charge in [-0.25, -0.2) is 0 Å². The van der Waals surface area contributed by atoms with E-state index in [0.29, 0.717) is 0 Å². The molecule has 3 radical (unpaired) electrons. The number of rotatable bonds is 0. The SMILES string of the molecule is C=C1OCCc2ccc(C#CC(C)(C)[Si])cc21. The summed E-state index contributed by atoms with van der Waals surface area (Å²) in [5, 5.41) is -0.163. The van der Waals surface area contributed by atoms with Crippen molar-refractivity contribution in [2.75, 3.05) is 6.61 Å². The monoisotopic (exact) mass is 239 g/mol. The van der Waals surface area contributed by atoms with Gasteiger partial charge in [0.1, 0.15) is 5.76 Å². The van der Waals surface area contributed by atoms with E-state index < -0.39 is 0 Å². The summed E-state index contributed by atoms with van der Waals surface area (Å²) in [6.07, 6.45) is 0.950. The summed E-state index contributed by atoms with van der Waals surface area (Å²) in [5.41, 5.74) is 3.39. The van der Waals surface area contributed by atoms with Crippen molar-refractivity contribution in [3.8, 4) is 11.8 Å². The van der Waals surface area contributed by atoms with Gasteiger partial charge in [-0.15, -0.1) is 0 Å². The minimum absolute atomic E-state index is 0.163. The summed E-state index contributed by atoms with van der Waals surface area (Å²) in [5.74, 6) is 7.07. The van der Waals surface area contributed by atoms with E-state index in [4.69, 9.17) is 4.74 Å². The molecule has 0 saturated carbocycles. The second kappa shape index (κ2) is 4.42. The molecular weight excluding hydrogens is 224 g/mol. The number of fused-ring (bicyclic) bond motifs is 1. The Balaban J connectivity index is 2.35. The Labute approximate surface area is 106 Å². The van der Waals surface area contributed by atoms with Crippen molar-refractivity contribution in [2.24, 2.45) is 0 Å². The first-order chi connectivity index (χ1) is 7.96. The fourth-order valence-electron chi connectivity index (χ4n) is 1.72. The van der Waals surface area contributed by atoms with Gasteiger partial charge >= 0.3 is 0 Å². The molecule has 0 aromatic heterocycles. The first-order valence-electron chi connectivity index (χ1n) is 5.69. The van der Waals surface area contributed by atoms with E-state index in [-0.39, 0.29) is 5.04 Å². The van der Waals surface area contributed by atoms with E-state index >= 15 is 0 Å². The predicted octanol–water partition coefficient (Wildman–Crippen LogP) is 2.95. The maximum atomic E-state index is 5.45. The van der Waals surface area contributed by atoms with Crippen LogP contribution in [0.1, 0.15) is 30.5 Å². The molecule has 1 aromatic rings. The molecule has 1 aliphatic heterocycles. The van der Waals surface area contributed by atoms with Crippen LogP contribution in [0.15, 0.2) is 24.8 Å². The molecule has 1 aromatic carbocycles. The molecule has 1 nitrogen and oxygen atoms in total. The fourth-order valence-corrected chi connectivity index (χ4v) is 1.78. The molecule has 0 N–H and O–H groups in total. The molecule has 85 valence electrons. The van der Waals surface area contributed by atoms with Gasteiger partial charge in [0.05, 0.1) is 6.61 Å². The van der Waals surface area contributed by atoms with Crippen molar-refractivity contribution in [3.05, 3.63) is 41.5 Å². The van der Waals surface area contributed by atoms with Crippen molar-refractivity contribution in [1.29, 1.82) is 0 Å². The summed E-state index contributed by atoms with van der Waals surface area (Å²) in [7, 11) is 3.56. The predicted molar refractivity (Wildman–Crippen MR) is 71.8 cm³/mol. The normalized spacial score (nSPS) is 14.4. The third-order valence-corrected chi connectivity index (χ3v) is 2.70. The first-order valence-corrected chi connectivity index (χ1v) is 6.19. The fraction of sp³-hybridized carbons (Fsp3) is 0.333. The van der Waals surface area contributed by atoms with Gasteiger partial charge in [0.2, 0.25) is 0 Å². The molecule has 1 aliphatic rings. The summed E-state index contributed by atoms with van der Waals surface area (Å²) in [6, 6.07) is 6.23. The molecule has 0 bridgehead atoms. The summed E-state index contributed by atoms with van der Waals surface area (Å²) in [4.78, 5) is 0. The van der Waals surface area contributed by atoms with Gasteiger partial charge in [0, 0.05) is 32.8 Å². The van der Waals surface area contributed by atoms with Gasteiger partial charge in [0.15, 0.2) is 0 Å². The highest BCUT2D eigenvalue weighted by atomic mass is 28.1. The molecule has 0 spiro atoms. The lowest BCUT2D eigenvalue weighted by Crippen LogP contribution is -2.08. The Bertz CT molecular complexity index is 512. The number of hydrogen-bond donors (Lipinski definition) is 0. The quantitative estimate of drug-likeness (QED) is 0.499. The minimum Gasteiger partial charge on any atom is -0.493 e. The molecule has 2 heteroatoms. The molecule has 17 heavy (non-hydrogen) atoms. The molecule has 0 saturated heterocycles. The third kappa shape index (κ3) is 3.01. The van der Waals surface area contributed by atoms with Crippen LogP contribution in [0.3, 0.4) is 0 Å². The van der Waals surface area contributed by atoms with Crippen molar-refractivity contribution in [1.82, 2.24) is 0 Å². The average Bonchev–Trinajstić information content (AvgIpc) is 2.26. The molecule has 0 unspecified atom stereocenters. The highest BCUT2D eigenvalue weighted by molar-refractivity contribution is 6.16. The summed E-state index contributed by atoms with van der Waals surface area (Å²) < 4.78 is 5.45. The molecular formula is C15H15OSi. The smallest absolute Gasteiger partial charge is 0.119 e. The van der Waals surface area contributed by atoms with Gasteiger partial charge in [-0.2, -0.15) is 0 Å². The van der Waals surface area contributed by atoms with E-state index in [1.54, 1.807) is 0 Å². The Kier molecular flexibility index (Phi) is 3.12. The molecule has 0 atom stereocenters. The third-order valence-electron chi connectivity index (χ3n) is 2.58. The van der Waals surface area contributed by atoms with E-state index in [2.05, 4.69) is 46.9 Å². The average molecular weight is 239 g/mol. The molecule has 0 fully saturated rings. The van der Waals surface area contributed by atoms with Gasteiger partial charge in [-0.3, -0.25) is 0 Å². The zero-order valence-electron chi connectivity index (χ0n) is 10.3. The zero-order chi connectivity index (χ0) is 12.5. The number of benzene rings is 1. The maximum absolute atomic E-state index is 5.45. The van der Waals surface area contributed by atoms with Crippen LogP contribution < -0.4 is 0 Å². The lowest BCUT2D eigenvalue weighted by Gasteiger charge is -2.19. The second-order valence-corrected chi connectivity index (χ2v) is 6.02. The second-order valence-electron chi connectivity index (χ2n) is 4.77. The van der Waals surface area contributed by atoms with E-state index in [1.165, 1.54) is 5.56 Å². The topological polar surface area (TPSA) is 9.23 Å². The van der Waals surface area contributed by atoms with Gasteiger partial charge < -0.3 is 4.74 Å². The maximum Gasteiger partial charge on any atom is 0.119 e. The van der Waals surface area contributed by atoms with Crippen LogP contribution in [-0.4, -0.2) is 16.8 Å². The summed E-state index contributed by atoms with van der Waals surface area (Å²) >= 11 is 0. The molecule has 1 heterocycles. The Morgan fingerprint density at radius 3 is 2.88 bits per heavy atom. The van der Waals surface area contributed by atoms with Crippen LogP contribution in [0.2, 0.25) is 5.04 Å². The highest BCUT2D eigenvalue weighted by Crippen LogP contribution is 2.25. The van der Waals surface area contributed by atoms with E-state index in [9.17, 15) is 0 Å². The van der Waals surface area contributed by atoms with Crippen LogP contribution in [0.5, 0.6) is 0 Å². The van der Waals surface area contributed by atoms with Crippen LogP contribution >= 0.6 is 0 Å². The summed E-state index contributed by atoms with van der Waals surface area (Å²) in [6.45, 7) is 8.70. The van der Waals surface area contributed by atoms with Crippen molar-refractivity contribution in [2.45, 2.75) is 25.3 Å². The Morgan fingerprint density at radius 2 is 2.18 bits per heavy atom. The largest absolute Gasteiger partial charge is 0.493 e. The Hall–Kier alpha value is -1.46. The van der Waals surface area contributed by atoms with Gasteiger partial charge in [-0.1, -0.05) is 38.3 Å². The number of ether oxygens (including phenoxy) is 1. The van der Waals surface area contributed by atoms with Crippen molar-refractivity contribution >= 4 is 16.0 Å². The minimum atomic E-state index is -0.163. The van der Waals surface area contributed by atoms with Crippen molar-refractivity contribution in [3.63, 3.8) is 0 Å². The lowest BCUT2D eigenvalue weighted by atomic mass is 9.98. The van der Waals surface area contributed by atoms with E-state index in [1.807, 2.05) is 13.8 Å². The highest BCUT2D eigenvalue weighted by Gasteiger charge is 2.13. The standard InChI is InChI=1S/C15H15OSi/c1-11-14-10-12(6-8-15(2,3)17)4-5-13(14)7-9-16-11/h4-5,10H,1,7,9H2,2-3H3. The zero-order valence-corrected chi connectivity index (χ0v) is 11.3. The molecule has 0 aliphatic carbocycles. The van der Waals surface area contributed by atoms with Crippen molar-refractivity contribution < 1.29 is 4.74 Å². The van der Waals surface area contributed by atoms with Gasteiger partial charge in [0.25, 0.3) is 0 Å². The van der Waals surface area contributed by atoms with E-state index in [0.717, 1.165) is 29.9 Å². The lowest BCUT2D eigenvalue weighted by molar-refractivity contribution is 0.271. The molecule has 2 rings (SSSR count). The van der Waals surface area contributed by atoms with Gasteiger partial charge in [-0.05, 0) is 17.7 Å². The van der Waals surface area contributed by atoms with Crippen LogP contribution in [0.4, 0.5) is 0 Å².